The molecule has 0 spiro atoms. The van der Waals surface area contributed by atoms with Crippen LogP contribution in [0.4, 0.5) is 0 Å². The maximum Gasteiger partial charge on any atom is 0.167 e. The van der Waals surface area contributed by atoms with E-state index in [4.69, 9.17) is 4.74 Å². The Balaban J connectivity index is 1.86. The summed E-state index contributed by atoms with van der Waals surface area (Å²) < 4.78 is 5.43. The molecule has 39 heavy (non-hydrogen) atoms. The number of rotatable bonds is 6. The van der Waals surface area contributed by atoms with Crippen LogP contribution in [0.3, 0.4) is 0 Å². The summed E-state index contributed by atoms with van der Waals surface area (Å²) in [6, 6.07) is 4.30. The fourth-order valence-corrected chi connectivity index (χ4v) is 9.64. The lowest BCUT2D eigenvalue weighted by Crippen LogP contribution is -2.69. The fourth-order valence-electron chi connectivity index (χ4n) is 9.64. The van der Waals surface area contributed by atoms with Gasteiger partial charge in [-0.2, -0.15) is 0 Å². The van der Waals surface area contributed by atoms with Crippen LogP contribution < -0.4 is 0 Å². The molecule has 3 aliphatic carbocycles. The van der Waals surface area contributed by atoms with Crippen molar-refractivity contribution in [2.45, 2.75) is 113 Å². The molecule has 3 aliphatic rings. The van der Waals surface area contributed by atoms with Crippen LogP contribution in [0, 0.1) is 46.8 Å². The zero-order chi connectivity index (χ0) is 29.4. The second-order valence-corrected chi connectivity index (χ2v) is 14.0. The van der Waals surface area contributed by atoms with Gasteiger partial charge in [-0.1, -0.05) is 66.2 Å². The molecule has 0 radical (unpaired) electrons. The van der Waals surface area contributed by atoms with Crippen LogP contribution in [0.25, 0.3) is 0 Å². The van der Waals surface area contributed by atoms with Gasteiger partial charge in [-0.3, -0.25) is 4.79 Å². The summed E-state index contributed by atoms with van der Waals surface area (Å²) in [4.78, 5) is 14.7. The standard InChI is InChI=1S/C34H52O5/c1-12-39-31(38)17(2)15-24-13-14-25-20(5)33(10)23(8)32(9)16-18(3)26(22(7)35)30(37)34(32,11)21(6)28(33)29(36)27(25)19(24)4/h13-14,17,20-23,28,30-31,35,37-38H,12,15-16H2,1-11H3. The molecule has 4 rings (SSSR count). The molecule has 0 heterocycles. The minimum Gasteiger partial charge on any atom is -0.389 e. The van der Waals surface area contributed by atoms with Crippen molar-refractivity contribution in [1.82, 2.24) is 0 Å². The molecule has 0 aromatic heterocycles. The Kier molecular flexibility index (Phi) is 7.86. The van der Waals surface area contributed by atoms with Crippen LogP contribution in [-0.4, -0.2) is 46.2 Å². The van der Waals surface area contributed by atoms with E-state index >= 15 is 0 Å². The van der Waals surface area contributed by atoms with Gasteiger partial charge in [0, 0.05) is 29.4 Å². The molecular formula is C34H52O5. The number of ether oxygens (including phenoxy) is 1. The van der Waals surface area contributed by atoms with E-state index in [1.54, 1.807) is 6.92 Å². The predicted octanol–water partition coefficient (Wildman–Crippen LogP) is 6.21. The normalized spacial score (nSPS) is 40.5. The number of benzene rings is 1. The Bertz CT molecular complexity index is 1170. The average Bonchev–Trinajstić information content (AvgIpc) is 2.85. The van der Waals surface area contributed by atoms with E-state index in [-0.39, 0.29) is 46.2 Å². The van der Waals surface area contributed by atoms with E-state index in [1.165, 1.54) is 0 Å². The summed E-state index contributed by atoms with van der Waals surface area (Å²) in [5, 5.41) is 33.0. The van der Waals surface area contributed by atoms with Crippen molar-refractivity contribution in [2.75, 3.05) is 6.61 Å². The van der Waals surface area contributed by atoms with Crippen molar-refractivity contribution in [2.24, 2.45) is 39.9 Å². The van der Waals surface area contributed by atoms with Crippen LogP contribution in [-0.2, 0) is 11.2 Å². The Hall–Kier alpha value is -1.53. The minimum atomic E-state index is -0.840. The fraction of sp³-hybridized carbons (Fsp3) is 0.735. The van der Waals surface area contributed by atoms with Gasteiger partial charge in [-0.25, -0.2) is 0 Å². The Labute approximate surface area is 236 Å². The third kappa shape index (κ3) is 3.97. The second-order valence-electron chi connectivity index (χ2n) is 14.0. The maximum atomic E-state index is 14.7. The molecule has 5 heteroatoms. The highest BCUT2D eigenvalue weighted by molar-refractivity contribution is 6.03. The smallest absolute Gasteiger partial charge is 0.167 e. The van der Waals surface area contributed by atoms with E-state index in [1.807, 2.05) is 13.8 Å². The van der Waals surface area contributed by atoms with Crippen molar-refractivity contribution >= 4 is 5.78 Å². The third-order valence-corrected chi connectivity index (χ3v) is 12.6. The van der Waals surface area contributed by atoms with Crippen LogP contribution in [0.15, 0.2) is 23.3 Å². The van der Waals surface area contributed by atoms with E-state index in [0.717, 1.165) is 39.8 Å². The summed E-state index contributed by atoms with van der Waals surface area (Å²) >= 11 is 0. The molecule has 11 unspecified atom stereocenters. The zero-order valence-electron chi connectivity index (χ0n) is 26.1. The monoisotopic (exact) mass is 540 g/mol. The van der Waals surface area contributed by atoms with Crippen LogP contribution >= 0.6 is 0 Å². The van der Waals surface area contributed by atoms with E-state index in [9.17, 15) is 20.1 Å². The number of aliphatic hydroxyl groups excluding tert-OH is 3. The number of fused-ring (bicyclic) bond motifs is 3. The summed E-state index contributed by atoms with van der Waals surface area (Å²) in [5.41, 5.74) is 4.74. The Morgan fingerprint density at radius 3 is 2.26 bits per heavy atom. The van der Waals surface area contributed by atoms with Gasteiger partial charge in [-0.05, 0) is 91.4 Å². The number of Topliss-reactive ketones (excluding diaryl/α,β-unsaturated/α-hetero) is 1. The molecule has 5 nitrogen and oxygen atoms in total. The zero-order valence-corrected chi connectivity index (χ0v) is 26.1. The first kappa shape index (κ1) is 30.4. The third-order valence-electron chi connectivity index (χ3n) is 12.6. The number of aliphatic hydroxyl groups is 3. The predicted molar refractivity (Wildman–Crippen MR) is 156 cm³/mol. The van der Waals surface area contributed by atoms with Crippen molar-refractivity contribution in [3.63, 3.8) is 0 Å². The highest BCUT2D eigenvalue weighted by Gasteiger charge is 2.71. The summed E-state index contributed by atoms with van der Waals surface area (Å²) in [6.07, 6.45) is -0.937. The molecule has 0 saturated heterocycles. The van der Waals surface area contributed by atoms with Crippen molar-refractivity contribution in [1.29, 1.82) is 0 Å². The molecule has 1 saturated carbocycles. The van der Waals surface area contributed by atoms with Gasteiger partial charge >= 0.3 is 0 Å². The van der Waals surface area contributed by atoms with Crippen molar-refractivity contribution in [3.8, 4) is 0 Å². The van der Waals surface area contributed by atoms with Crippen LogP contribution in [0.2, 0.25) is 0 Å². The van der Waals surface area contributed by atoms with Gasteiger partial charge in [0.05, 0.1) is 12.2 Å². The quantitative estimate of drug-likeness (QED) is 0.295. The number of hydrogen-bond donors (Lipinski definition) is 3. The van der Waals surface area contributed by atoms with Gasteiger partial charge in [0.1, 0.15) is 0 Å². The lowest BCUT2D eigenvalue weighted by molar-refractivity contribution is -0.214. The summed E-state index contributed by atoms with van der Waals surface area (Å²) in [6.45, 7) is 23.7. The Morgan fingerprint density at radius 2 is 1.69 bits per heavy atom. The number of allylic oxidation sites excluding steroid dienone is 1. The molecule has 1 fully saturated rings. The molecule has 0 aliphatic heterocycles. The van der Waals surface area contributed by atoms with Crippen LogP contribution in [0.1, 0.15) is 109 Å². The largest absolute Gasteiger partial charge is 0.389 e. The van der Waals surface area contributed by atoms with Gasteiger partial charge in [0.2, 0.25) is 0 Å². The molecule has 1 aromatic rings. The number of carbonyl (C=O) groups excluding carboxylic acids is 1. The van der Waals surface area contributed by atoms with Gasteiger partial charge in [0.25, 0.3) is 0 Å². The first-order valence-electron chi connectivity index (χ1n) is 15.0. The maximum absolute atomic E-state index is 14.7. The average molecular weight is 541 g/mol. The lowest BCUT2D eigenvalue weighted by atomic mass is 9.33. The first-order chi connectivity index (χ1) is 18.0. The van der Waals surface area contributed by atoms with Crippen molar-refractivity contribution in [3.05, 3.63) is 45.5 Å². The number of carbonyl (C=O) groups is 1. The molecule has 11 atom stereocenters. The van der Waals surface area contributed by atoms with Crippen molar-refractivity contribution < 1.29 is 24.9 Å². The highest BCUT2D eigenvalue weighted by atomic mass is 16.6. The number of hydrogen-bond acceptors (Lipinski definition) is 5. The van der Waals surface area contributed by atoms with Gasteiger partial charge in [0.15, 0.2) is 12.1 Å². The van der Waals surface area contributed by atoms with Gasteiger partial charge in [-0.15, -0.1) is 0 Å². The molecule has 218 valence electrons. The van der Waals surface area contributed by atoms with E-state index in [0.29, 0.717) is 13.0 Å². The molecule has 0 amide bonds. The van der Waals surface area contributed by atoms with E-state index in [2.05, 4.69) is 67.5 Å². The number of ketones is 1. The molecule has 3 N–H and O–H groups in total. The summed E-state index contributed by atoms with van der Waals surface area (Å²) in [5.74, 6) is 0.0602. The highest BCUT2D eigenvalue weighted by Crippen LogP contribution is 2.73. The van der Waals surface area contributed by atoms with Crippen LogP contribution in [0.5, 0.6) is 0 Å². The lowest BCUT2D eigenvalue weighted by Gasteiger charge is -2.71. The molecule has 0 bridgehead atoms. The first-order valence-corrected chi connectivity index (χ1v) is 15.0. The second kappa shape index (κ2) is 10.1. The van der Waals surface area contributed by atoms with Gasteiger partial charge < -0.3 is 20.1 Å². The molecule has 1 aromatic carbocycles. The van der Waals surface area contributed by atoms with E-state index < -0.39 is 23.9 Å². The minimum absolute atomic E-state index is 0.0922. The Morgan fingerprint density at radius 1 is 1.08 bits per heavy atom. The molecular weight excluding hydrogens is 488 g/mol. The summed E-state index contributed by atoms with van der Waals surface area (Å²) in [7, 11) is 0. The topological polar surface area (TPSA) is 87.0 Å². The SMILES string of the molecule is CCOC(O)C(C)Cc1ccc2c(c1C)C(=O)C1C(C)C3(C)C(O)C(C(C)O)=C(C)CC3(C)C(C)C1(C)C2C.